The van der Waals surface area contributed by atoms with E-state index in [2.05, 4.69) is 10.3 Å². The van der Waals surface area contributed by atoms with Crippen LogP contribution in [0, 0.1) is 0 Å². The van der Waals surface area contributed by atoms with Crippen LogP contribution in [-0.4, -0.2) is 41.5 Å². The molecule has 154 valence electrons. The average Bonchev–Trinajstić information content (AvgIpc) is 2.65. The van der Waals surface area contributed by atoms with E-state index in [1.807, 2.05) is 30.3 Å². The Hall–Kier alpha value is -1.62. The normalized spacial score (nSPS) is 12.8. The third-order valence-electron chi connectivity index (χ3n) is 3.85. The molecule has 1 unspecified atom stereocenters. The molecule has 1 N–H and O–H groups in total. The Morgan fingerprint density at radius 2 is 1.71 bits per heavy atom. The number of nitrogens with one attached hydrogen (secondary N) is 1. The van der Waals surface area contributed by atoms with Crippen LogP contribution in [0.25, 0.3) is 0 Å². The molecule has 2 aromatic carbocycles. The smallest absolute Gasteiger partial charge is 0.355 e. The molecule has 9 heteroatoms. The van der Waals surface area contributed by atoms with Gasteiger partial charge in [0.05, 0.1) is 16.4 Å². The van der Waals surface area contributed by atoms with E-state index in [1.54, 1.807) is 19.0 Å². The van der Waals surface area contributed by atoms with Gasteiger partial charge in [-0.05, 0) is 29.8 Å². The van der Waals surface area contributed by atoms with E-state index in [0.717, 1.165) is 22.6 Å². The zero-order chi connectivity index (χ0) is 19.9. The summed E-state index contributed by atoms with van der Waals surface area (Å²) in [6, 6.07) is 14.3. The van der Waals surface area contributed by atoms with Crippen molar-refractivity contribution in [2.75, 3.05) is 26.4 Å². The lowest BCUT2D eigenvalue weighted by Crippen LogP contribution is -2.40. The molecule has 2 rings (SSSR count). The summed E-state index contributed by atoms with van der Waals surface area (Å²) in [4.78, 5) is 6.73. The van der Waals surface area contributed by atoms with Gasteiger partial charge in [-0.3, -0.25) is 9.20 Å². The molecule has 0 aromatic heterocycles. The van der Waals surface area contributed by atoms with Crippen molar-refractivity contribution in [2.24, 2.45) is 4.99 Å². The van der Waals surface area contributed by atoms with Crippen LogP contribution in [0.3, 0.4) is 0 Å². The second kappa shape index (κ2) is 11.4. The fourth-order valence-electron chi connectivity index (χ4n) is 2.48. The lowest BCUT2D eigenvalue weighted by Gasteiger charge is -2.22. The number of halogens is 4. The van der Waals surface area contributed by atoms with Gasteiger partial charge in [0.15, 0.2) is 5.96 Å². The highest BCUT2D eigenvalue weighted by Crippen LogP contribution is 2.29. The summed E-state index contributed by atoms with van der Waals surface area (Å²) < 4.78 is 50.1. The van der Waals surface area contributed by atoms with E-state index < -0.39 is 22.5 Å². The lowest BCUT2D eigenvalue weighted by atomic mass is 10.1. The lowest BCUT2D eigenvalue weighted by molar-refractivity contribution is -0.137. The highest BCUT2D eigenvalue weighted by molar-refractivity contribution is 14.0. The zero-order valence-corrected chi connectivity index (χ0v) is 18.7. The van der Waals surface area contributed by atoms with Crippen molar-refractivity contribution in [3.8, 4) is 0 Å². The van der Waals surface area contributed by atoms with Crippen molar-refractivity contribution in [3.05, 3.63) is 65.7 Å². The first-order chi connectivity index (χ1) is 12.8. The predicted molar refractivity (Wildman–Crippen MR) is 117 cm³/mol. The second-order valence-electron chi connectivity index (χ2n) is 5.89. The van der Waals surface area contributed by atoms with Crippen LogP contribution in [0.2, 0.25) is 0 Å². The molecule has 0 radical (unpaired) electrons. The Labute approximate surface area is 182 Å². The van der Waals surface area contributed by atoms with Gasteiger partial charge < -0.3 is 10.2 Å². The van der Waals surface area contributed by atoms with Crippen molar-refractivity contribution in [3.63, 3.8) is 0 Å². The highest BCUT2D eigenvalue weighted by Gasteiger charge is 2.29. The van der Waals surface area contributed by atoms with E-state index in [0.29, 0.717) is 24.8 Å². The zero-order valence-electron chi connectivity index (χ0n) is 15.6. The van der Waals surface area contributed by atoms with Gasteiger partial charge in [-0.2, -0.15) is 13.2 Å². The number of rotatable bonds is 6. The van der Waals surface area contributed by atoms with Gasteiger partial charge in [0.1, 0.15) is 0 Å². The van der Waals surface area contributed by atoms with Crippen LogP contribution >= 0.6 is 24.0 Å². The standard InChI is InChI=1S/C19H22F3N3OS.HI/c1-23-18(24-12-13-27(26)17-6-4-3-5-7-17)25(2)14-15-8-10-16(11-9-15)19(20,21)22;/h3-11H,12-14H2,1-2H3,(H,23,24);1H. The summed E-state index contributed by atoms with van der Waals surface area (Å²) >= 11 is 0. The summed E-state index contributed by atoms with van der Waals surface area (Å²) in [6.07, 6.45) is -4.34. The van der Waals surface area contributed by atoms with E-state index in [9.17, 15) is 17.4 Å². The molecule has 4 nitrogen and oxygen atoms in total. The summed E-state index contributed by atoms with van der Waals surface area (Å²) in [5.74, 6) is 1.01. The van der Waals surface area contributed by atoms with Gasteiger partial charge >= 0.3 is 6.18 Å². The average molecular weight is 525 g/mol. The number of hydrogen-bond acceptors (Lipinski definition) is 2. The number of aliphatic imine (C=N–C) groups is 1. The first kappa shape index (κ1) is 24.4. The minimum atomic E-state index is -4.34. The molecule has 0 aliphatic carbocycles. The van der Waals surface area contributed by atoms with Crippen LogP contribution < -0.4 is 5.32 Å². The van der Waals surface area contributed by atoms with Gasteiger partial charge in [0, 0.05) is 37.8 Å². The van der Waals surface area contributed by atoms with Crippen LogP contribution in [0.5, 0.6) is 0 Å². The summed E-state index contributed by atoms with van der Waals surface area (Å²) in [7, 11) is 2.31. The number of alkyl halides is 3. The highest BCUT2D eigenvalue weighted by atomic mass is 127. The van der Waals surface area contributed by atoms with Crippen LogP contribution in [0.4, 0.5) is 13.2 Å². The Bertz CT molecular complexity index is 783. The summed E-state index contributed by atoms with van der Waals surface area (Å²) in [5.41, 5.74) is 0.0705. The molecular weight excluding hydrogens is 502 g/mol. The Balaban J connectivity index is 0.00000392. The molecule has 0 amide bonds. The van der Waals surface area contributed by atoms with Crippen molar-refractivity contribution in [1.82, 2.24) is 10.2 Å². The van der Waals surface area contributed by atoms with E-state index in [-0.39, 0.29) is 24.0 Å². The molecule has 2 aromatic rings. The maximum atomic E-state index is 12.6. The summed E-state index contributed by atoms with van der Waals surface area (Å²) in [5, 5.41) is 3.13. The largest absolute Gasteiger partial charge is 0.416 e. The van der Waals surface area contributed by atoms with Gasteiger partial charge in [-0.25, -0.2) is 0 Å². The third-order valence-corrected chi connectivity index (χ3v) is 5.22. The molecule has 28 heavy (non-hydrogen) atoms. The van der Waals surface area contributed by atoms with Gasteiger partial charge in [-0.15, -0.1) is 24.0 Å². The number of benzene rings is 2. The molecule has 0 aliphatic rings. The molecule has 0 heterocycles. The van der Waals surface area contributed by atoms with Crippen molar-refractivity contribution in [1.29, 1.82) is 0 Å². The van der Waals surface area contributed by atoms with Crippen molar-refractivity contribution >= 4 is 40.7 Å². The van der Waals surface area contributed by atoms with Crippen LogP contribution in [0.1, 0.15) is 11.1 Å². The molecule has 0 bridgehead atoms. The second-order valence-corrected chi connectivity index (χ2v) is 7.46. The minimum Gasteiger partial charge on any atom is -0.355 e. The fourth-order valence-corrected chi connectivity index (χ4v) is 3.46. The molecule has 0 saturated carbocycles. The molecule has 0 spiro atoms. The van der Waals surface area contributed by atoms with E-state index in [4.69, 9.17) is 0 Å². The predicted octanol–water partition coefficient (Wildman–Crippen LogP) is 4.14. The SMILES string of the molecule is CN=C(NCCS(=O)c1ccccc1)N(C)Cc1ccc(C(F)(F)F)cc1.I. The van der Waals surface area contributed by atoms with Crippen LogP contribution in [-0.2, 0) is 23.5 Å². The van der Waals surface area contributed by atoms with Gasteiger partial charge in [0.25, 0.3) is 0 Å². The van der Waals surface area contributed by atoms with E-state index >= 15 is 0 Å². The third kappa shape index (κ3) is 7.42. The van der Waals surface area contributed by atoms with Crippen molar-refractivity contribution in [2.45, 2.75) is 17.6 Å². The molecule has 0 aliphatic heterocycles. The molecule has 0 fully saturated rings. The monoisotopic (exact) mass is 525 g/mol. The first-order valence-corrected chi connectivity index (χ1v) is 9.64. The molecule has 0 saturated heterocycles. The number of nitrogens with zero attached hydrogens (tertiary/aromatic N) is 2. The Kier molecular flexibility index (Phi) is 9.94. The topological polar surface area (TPSA) is 44.7 Å². The van der Waals surface area contributed by atoms with Crippen molar-refractivity contribution < 1.29 is 17.4 Å². The number of hydrogen-bond donors (Lipinski definition) is 1. The minimum absolute atomic E-state index is 0. The maximum Gasteiger partial charge on any atom is 0.416 e. The van der Waals surface area contributed by atoms with Gasteiger partial charge in [-0.1, -0.05) is 30.3 Å². The molecular formula is C19H23F3IN3OS. The van der Waals surface area contributed by atoms with E-state index in [1.165, 1.54) is 12.1 Å². The van der Waals surface area contributed by atoms with Gasteiger partial charge in [0.2, 0.25) is 0 Å². The Morgan fingerprint density at radius 1 is 1.11 bits per heavy atom. The number of guanidine groups is 1. The fraction of sp³-hybridized carbons (Fsp3) is 0.316. The van der Waals surface area contributed by atoms with Crippen LogP contribution in [0.15, 0.2) is 64.5 Å². The Morgan fingerprint density at radius 3 is 2.25 bits per heavy atom. The maximum absolute atomic E-state index is 12.6. The first-order valence-electron chi connectivity index (χ1n) is 8.32. The summed E-state index contributed by atoms with van der Waals surface area (Å²) in [6.45, 7) is 0.866. The quantitative estimate of drug-likeness (QED) is 0.351. The molecule has 1 atom stereocenters.